The molecule has 154 valence electrons. The van der Waals surface area contributed by atoms with E-state index < -0.39 is 27.2 Å². The van der Waals surface area contributed by atoms with Crippen LogP contribution in [0.3, 0.4) is 0 Å². The lowest BCUT2D eigenvalue weighted by atomic mass is 9.78. The summed E-state index contributed by atoms with van der Waals surface area (Å²) in [5.74, 6) is 0.370. The summed E-state index contributed by atoms with van der Waals surface area (Å²) in [5, 5.41) is 0. The standard InChI is InChI=1S/C19H20N2O6S2/c1-17(16(24)25-4)8-19-15(23)20(3)18(2,28-29-19)14(22)21(19)13(17)10-5-6-11-12(7-10)27-9-26-11/h5-7,13H,8-9H2,1-4H3/t13?,17-,18?,19?/m0/s1. The zero-order valence-corrected chi connectivity index (χ0v) is 18.0. The van der Waals surface area contributed by atoms with Gasteiger partial charge in [0.05, 0.1) is 18.6 Å². The third-order valence-electron chi connectivity index (χ3n) is 6.46. The average molecular weight is 437 g/mol. The smallest absolute Gasteiger partial charge is 0.314 e. The summed E-state index contributed by atoms with van der Waals surface area (Å²) < 4.78 is 16.0. The van der Waals surface area contributed by atoms with Crippen molar-refractivity contribution in [2.75, 3.05) is 21.0 Å². The second kappa shape index (κ2) is 5.75. The maximum Gasteiger partial charge on any atom is 0.314 e. The molecule has 1 aromatic carbocycles. The SMILES string of the molecule is COC(=O)[C@@]1(C)CC23SSC(C)(C(=O)N2C1c1ccc2c(c1)OCO2)N(C)C3=O. The molecule has 0 saturated carbocycles. The number of methoxy groups -OCH3 is 1. The van der Waals surface area contributed by atoms with E-state index in [4.69, 9.17) is 14.2 Å². The molecule has 1 aromatic rings. The molecule has 5 aliphatic rings. The predicted octanol–water partition coefficient (Wildman–Crippen LogP) is 2.15. The van der Waals surface area contributed by atoms with Gasteiger partial charge in [0.15, 0.2) is 21.2 Å². The molecule has 0 aliphatic carbocycles. The Morgan fingerprint density at radius 1 is 1.17 bits per heavy atom. The highest BCUT2D eigenvalue weighted by Gasteiger charge is 2.76. The fourth-order valence-corrected chi connectivity index (χ4v) is 8.40. The molecule has 2 amide bonds. The first kappa shape index (κ1) is 18.9. The van der Waals surface area contributed by atoms with Crippen molar-refractivity contribution in [2.24, 2.45) is 5.41 Å². The number of rotatable bonds is 2. The number of ether oxygens (including phenoxy) is 3. The predicted molar refractivity (Wildman–Crippen MR) is 106 cm³/mol. The summed E-state index contributed by atoms with van der Waals surface area (Å²) in [6, 6.07) is 4.71. The second-order valence-electron chi connectivity index (χ2n) is 8.07. The molecule has 5 heterocycles. The number of likely N-dealkylation sites (N-methyl/N-ethyl adjacent to an activating group) is 1. The molecule has 5 aliphatic heterocycles. The van der Waals surface area contributed by atoms with Crippen molar-refractivity contribution in [1.29, 1.82) is 0 Å². The lowest BCUT2D eigenvalue weighted by Crippen LogP contribution is -2.73. The highest BCUT2D eigenvalue weighted by molar-refractivity contribution is 8.78. The van der Waals surface area contributed by atoms with Gasteiger partial charge in [-0.25, -0.2) is 0 Å². The molecule has 1 spiro atoms. The minimum atomic E-state index is -1.15. The molecule has 0 N–H and O–H groups in total. The maximum absolute atomic E-state index is 13.6. The number of esters is 1. The quantitative estimate of drug-likeness (QED) is 0.515. The first-order valence-corrected chi connectivity index (χ1v) is 11.3. The molecule has 0 aromatic heterocycles. The number of hydrogen-bond acceptors (Lipinski definition) is 8. The van der Waals surface area contributed by atoms with E-state index in [0.29, 0.717) is 17.1 Å². The molecule has 4 atom stereocenters. The van der Waals surface area contributed by atoms with Gasteiger partial charge in [0.2, 0.25) is 6.79 Å². The largest absolute Gasteiger partial charge is 0.469 e. The maximum atomic E-state index is 13.6. The summed E-state index contributed by atoms with van der Waals surface area (Å²) in [6.45, 7) is 3.64. The van der Waals surface area contributed by atoms with Crippen LogP contribution in [0.1, 0.15) is 31.9 Å². The van der Waals surface area contributed by atoms with Gasteiger partial charge in [-0.1, -0.05) is 27.7 Å². The van der Waals surface area contributed by atoms with Crippen LogP contribution in [0.2, 0.25) is 0 Å². The molecule has 4 saturated heterocycles. The highest BCUT2D eigenvalue weighted by atomic mass is 33.1. The lowest BCUT2D eigenvalue weighted by molar-refractivity contribution is -0.165. The van der Waals surface area contributed by atoms with Crippen LogP contribution in [0, 0.1) is 5.41 Å². The number of piperazine rings is 1. The van der Waals surface area contributed by atoms with E-state index in [1.165, 1.54) is 33.6 Å². The average Bonchev–Trinajstić information content (AvgIpc) is 3.28. The number of amides is 2. The van der Waals surface area contributed by atoms with Gasteiger partial charge in [-0.15, -0.1) is 0 Å². The van der Waals surface area contributed by atoms with Crippen molar-refractivity contribution in [3.05, 3.63) is 23.8 Å². The monoisotopic (exact) mass is 436 g/mol. The third-order valence-corrected chi connectivity index (χ3v) is 10.2. The van der Waals surface area contributed by atoms with E-state index in [1.807, 2.05) is 6.07 Å². The Balaban J connectivity index is 1.72. The summed E-state index contributed by atoms with van der Waals surface area (Å²) in [4.78, 5) is 41.0. The molecule has 6 rings (SSSR count). The molecular formula is C19H20N2O6S2. The fourth-order valence-electron chi connectivity index (χ4n) is 4.82. The molecule has 4 fully saturated rings. The van der Waals surface area contributed by atoms with Gasteiger partial charge >= 0.3 is 5.97 Å². The van der Waals surface area contributed by atoms with Crippen LogP contribution < -0.4 is 9.47 Å². The van der Waals surface area contributed by atoms with E-state index in [-0.39, 0.29) is 25.0 Å². The summed E-state index contributed by atoms with van der Waals surface area (Å²) in [7, 11) is 5.72. The number of carbonyl (C=O) groups excluding carboxylic acids is 3. The van der Waals surface area contributed by atoms with E-state index in [9.17, 15) is 14.4 Å². The van der Waals surface area contributed by atoms with E-state index >= 15 is 0 Å². The van der Waals surface area contributed by atoms with E-state index in [0.717, 1.165) is 0 Å². The van der Waals surface area contributed by atoms with Crippen LogP contribution in [0.25, 0.3) is 0 Å². The van der Waals surface area contributed by atoms with Crippen molar-refractivity contribution in [1.82, 2.24) is 9.80 Å². The van der Waals surface area contributed by atoms with Crippen LogP contribution in [-0.4, -0.2) is 58.3 Å². The number of fused-ring (bicyclic) bond motifs is 3. The first-order chi connectivity index (χ1) is 13.7. The fraction of sp³-hybridized carbons (Fsp3) is 0.526. The van der Waals surface area contributed by atoms with Gasteiger partial charge in [-0.05, 0) is 31.5 Å². The van der Waals surface area contributed by atoms with Gasteiger partial charge in [0, 0.05) is 13.5 Å². The second-order valence-corrected chi connectivity index (χ2v) is 10.9. The van der Waals surface area contributed by atoms with Crippen LogP contribution in [0.5, 0.6) is 11.5 Å². The van der Waals surface area contributed by atoms with Crippen LogP contribution in [0.15, 0.2) is 18.2 Å². The van der Waals surface area contributed by atoms with E-state index in [2.05, 4.69) is 0 Å². The van der Waals surface area contributed by atoms with E-state index in [1.54, 1.807) is 37.9 Å². The number of carbonyl (C=O) groups is 3. The van der Waals surface area contributed by atoms with Crippen molar-refractivity contribution >= 4 is 39.4 Å². The third kappa shape index (κ3) is 2.11. The molecule has 10 heteroatoms. The minimum Gasteiger partial charge on any atom is -0.469 e. The molecule has 29 heavy (non-hydrogen) atoms. The topological polar surface area (TPSA) is 85.4 Å². The number of nitrogens with zero attached hydrogens (tertiary/aromatic N) is 2. The highest BCUT2D eigenvalue weighted by Crippen LogP contribution is 2.69. The number of hydrogen-bond donors (Lipinski definition) is 0. The Labute approximate surface area is 175 Å². The van der Waals surface area contributed by atoms with Crippen LogP contribution >= 0.6 is 21.6 Å². The summed E-state index contributed by atoms with van der Waals surface area (Å²) in [6.07, 6.45) is 0.175. The van der Waals surface area contributed by atoms with Crippen molar-refractivity contribution in [3.63, 3.8) is 0 Å². The first-order valence-electron chi connectivity index (χ1n) is 9.16. The summed E-state index contributed by atoms with van der Waals surface area (Å²) in [5.41, 5.74) is -0.387. The van der Waals surface area contributed by atoms with Gasteiger partial charge < -0.3 is 24.0 Å². The van der Waals surface area contributed by atoms with Crippen molar-refractivity contribution < 1.29 is 28.6 Å². The van der Waals surface area contributed by atoms with Gasteiger partial charge in [-0.3, -0.25) is 14.4 Å². The molecule has 2 bridgehead atoms. The minimum absolute atomic E-state index is 0.123. The molecule has 0 radical (unpaired) electrons. The number of benzene rings is 1. The van der Waals surface area contributed by atoms with Crippen LogP contribution in [-0.2, 0) is 19.1 Å². The van der Waals surface area contributed by atoms with Crippen molar-refractivity contribution in [3.8, 4) is 11.5 Å². The Morgan fingerprint density at radius 2 is 1.90 bits per heavy atom. The Morgan fingerprint density at radius 3 is 2.62 bits per heavy atom. The summed E-state index contributed by atoms with van der Waals surface area (Å²) >= 11 is 0. The zero-order valence-electron chi connectivity index (χ0n) is 16.4. The molecular weight excluding hydrogens is 416 g/mol. The van der Waals surface area contributed by atoms with Gasteiger partial charge in [-0.2, -0.15) is 0 Å². The Bertz CT molecular complexity index is 972. The van der Waals surface area contributed by atoms with Gasteiger partial charge in [0.1, 0.15) is 0 Å². The van der Waals surface area contributed by atoms with Gasteiger partial charge in [0.25, 0.3) is 11.8 Å². The van der Waals surface area contributed by atoms with Crippen molar-refractivity contribution in [2.45, 2.75) is 36.1 Å². The zero-order chi connectivity index (χ0) is 20.8. The Kier molecular flexibility index (Phi) is 3.75. The molecule has 3 unspecified atom stereocenters. The normalized spacial score (nSPS) is 37.2. The molecule has 8 nitrogen and oxygen atoms in total. The van der Waals surface area contributed by atoms with Crippen LogP contribution in [0.4, 0.5) is 0 Å². The Hall–Kier alpha value is -2.07. The lowest BCUT2D eigenvalue weighted by Gasteiger charge is -2.57.